The number of esters is 2. The van der Waals surface area contributed by atoms with Crippen molar-refractivity contribution in [1.82, 2.24) is 0 Å². The average Bonchev–Trinajstić information content (AvgIpc) is 3.28. The molecule has 44 heavy (non-hydrogen) atoms. The van der Waals surface area contributed by atoms with Crippen LogP contribution in [0, 0.1) is 0 Å². The van der Waals surface area contributed by atoms with Crippen molar-refractivity contribution < 1.29 is 58.5 Å². The molecule has 3 aromatic carbocycles. The topological polar surface area (TPSA) is 175 Å². The summed E-state index contributed by atoms with van der Waals surface area (Å²) in [5, 5.41) is 0. The summed E-state index contributed by atoms with van der Waals surface area (Å²) in [7, 11) is -8.38. The first kappa shape index (κ1) is 32.6. The van der Waals surface area contributed by atoms with Crippen molar-refractivity contribution in [2.24, 2.45) is 0 Å². The number of hydrogen-bond donors (Lipinski definition) is 0. The Morgan fingerprint density at radius 1 is 0.795 bits per heavy atom. The zero-order valence-corrected chi connectivity index (χ0v) is 25.2. The molecule has 0 N–H and O–H groups in total. The zero-order chi connectivity index (χ0) is 32.1. The second-order valence-corrected chi connectivity index (χ2v) is 12.9. The van der Waals surface area contributed by atoms with Gasteiger partial charge in [0.1, 0.15) is 18.5 Å². The van der Waals surface area contributed by atoms with Crippen LogP contribution in [0.4, 0.5) is 0 Å². The number of aldehydes is 1. The second kappa shape index (κ2) is 13.5. The van der Waals surface area contributed by atoms with Gasteiger partial charge in [0.05, 0.1) is 23.6 Å². The van der Waals surface area contributed by atoms with Crippen molar-refractivity contribution in [2.45, 2.75) is 37.6 Å². The van der Waals surface area contributed by atoms with Crippen LogP contribution >= 0.6 is 0 Å². The molecule has 0 bridgehead atoms. The fraction of sp³-hybridized carbons (Fsp3) is 0.276. The van der Waals surface area contributed by atoms with Gasteiger partial charge in [-0.05, 0) is 49.4 Å². The standard InChI is InChI=1S/C29H28O13S2/c1-18(37-27(31)20-10-6-4-7-11-20)24-25(39-28(32)21-12-8-5-9-13-21)26(42-44(3,35)36)29(40-24)38-22-15-14-19(17-30)16-23(22)41-43(2,33)34/h4-18,24-26,29H,1-3H3/t18-,24-,25+,26-,29-/m1/s1. The first-order chi connectivity index (χ1) is 20.7. The minimum Gasteiger partial charge on any atom is -0.458 e. The third-order valence-electron chi connectivity index (χ3n) is 6.10. The van der Waals surface area contributed by atoms with Crippen molar-refractivity contribution in [2.75, 3.05) is 12.5 Å². The molecule has 13 nitrogen and oxygen atoms in total. The van der Waals surface area contributed by atoms with Gasteiger partial charge in [-0.25, -0.2) is 9.59 Å². The zero-order valence-electron chi connectivity index (χ0n) is 23.6. The fourth-order valence-electron chi connectivity index (χ4n) is 4.25. The summed E-state index contributed by atoms with van der Waals surface area (Å²) in [6, 6.07) is 19.4. The van der Waals surface area contributed by atoms with Gasteiger partial charge in [0, 0.05) is 5.56 Å². The third kappa shape index (κ3) is 8.63. The summed E-state index contributed by atoms with van der Waals surface area (Å²) in [5.74, 6) is -2.31. The molecule has 0 spiro atoms. The molecule has 1 fully saturated rings. The SMILES string of the molecule is C[C@@H](OC(=O)c1ccccc1)[C@H]1O[C@@H](Oc2ccc(C=O)cc2OS(C)(=O)=O)[C@H](OS(C)(=O)=O)[C@H]1OC(=O)c1ccccc1. The lowest BCUT2D eigenvalue weighted by Crippen LogP contribution is -2.45. The van der Waals surface area contributed by atoms with E-state index in [4.69, 9.17) is 27.3 Å². The monoisotopic (exact) mass is 648 g/mol. The molecular weight excluding hydrogens is 620 g/mol. The van der Waals surface area contributed by atoms with Gasteiger partial charge in [-0.15, -0.1) is 0 Å². The van der Waals surface area contributed by atoms with E-state index in [1.165, 1.54) is 43.3 Å². The van der Waals surface area contributed by atoms with E-state index < -0.39 is 68.6 Å². The van der Waals surface area contributed by atoms with Gasteiger partial charge >= 0.3 is 22.1 Å². The molecule has 3 aromatic rings. The van der Waals surface area contributed by atoms with E-state index in [9.17, 15) is 31.2 Å². The number of hydrogen-bond acceptors (Lipinski definition) is 13. The Bertz CT molecular complexity index is 1710. The van der Waals surface area contributed by atoms with E-state index in [1.807, 2.05) is 0 Å². The molecular formula is C29H28O13S2. The number of benzene rings is 3. The first-order valence-electron chi connectivity index (χ1n) is 12.9. The molecule has 234 valence electrons. The van der Waals surface area contributed by atoms with Gasteiger partial charge in [0.25, 0.3) is 10.1 Å². The molecule has 1 heterocycles. The molecule has 0 aliphatic carbocycles. The lowest BCUT2D eigenvalue weighted by atomic mass is 10.1. The van der Waals surface area contributed by atoms with Crippen molar-refractivity contribution in [3.63, 3.8) is 0 Å². The van der Waals surface area contributed by atoms with Crippen molar-refractivity contribution in [3.05, 3.63) is 95.6 Å². The molecule has 0 aromatic heterocycles. The molecule has 1 aliphatic rings. The van der Waals surface area contributed by atoms with E-state index >= 15 is 0 Å². The predicted molar refractivity (Wildman–Crippen MR) is 153 cm³/mol. The molecule has 15 heteroatoms. The minimum absolute atomic E-state index is 0.0428. The van der Waals surface area contributed by atoms with Crippen LogP contribution in [0.1, 0.15) is 38.0 Å². The summed E-state index contributed by atoms with van der Waals surface area (Å²) in [6.07, 6.45) is -5.46. The quantitative estimate of drug-likeness (QED) is 0.159. The molecule has 0 saturated carbocycles. The Kier molecular flexibility index (Phi) is 10.0. The van der Waals surface area contributed by atoms with Gasteiger partial charge < -0.3 is 23.1 Å². The van der Waals surface area contributed by atoms with E-state index in [2.05, 4.69) is 0 Å². The van der Waals surface area contributed by atoms with Gasteiger partial charge in [-0.3, -0.25) is 8.98 Å². The highest BCUT2D eigenvalue weighted by Gasteiger charge is 2.54. The Balaban J connectivity index is 1.73. The van der Waals surface area contributed by atoms with Gasteiger partial charge in [0.2, 0.25) is 6.29 Å². The maximum Gasteiger partial charge on any atom is 0.338 e. The van der Waals surface area contributed by atoms with E-state index in [0.717, 1.165) is 18.6 Å². The molecule has 0 unspecified atom stereocenters. The summed E-state index contributed by atoms with van der Waals surface area (Å²) in [5.41, 5.74) is 0.377. The van der Waals surface area contributed by atoms with Crippen molar-refractivity contribution in [3.8, 4) is 11.5 Å². The average molecular weight is 649 g/mol. The van der Waals surface area contributed by atoms with E-state index in [-0.39, 0.29) is 22.4 Å². The number of rotatable bonds is 12. The predicted octanol–water partition coefficient (Wildman–Crippen LogP) is 2.76. The lowest BCUT2D eigenvalue weighted by Gasteiger charge is -2.26. The van der Waals surface area contributed by atoms with Crippen molar-refractivity contribution in [1.29, 1.82) is 0 Å². The highest BCUT2D eigenvalue weighted by molar-refractivity contribution is 7.86. The smallest absolute Gasteiger partial charge is 0.338 e. The molecule has 1 aliphatic heterocycles. The van der Waals surface area contributed by atoms with Crippen LogP contribution in [-0.4, -0.2) is 78.3 Å². The van der Waals surface area contributed by atoms with Gasteiger partial charge in [-0.2, -0.15) is 16.8 Å². The minimum atomic E-state index is -4.26. The molecule has 1 saturated heterocycles. The Hall–Kier alpha value is -4.31. The fourth-order valence-corrected chi connectivity index (χ4v) is 5.31. The highest BCUT2D eigenvalue weighted by Crippen LogP contribution is 2.37. The first-order valence-corrected chi connectivity index (χ1v) is 16.6. The van der Waals surface area contributed by atoms with Crippen LogP contribution in [-0.2, 0) is 38.6 Å². The van der Waals surface area contributed by atoms with Crippen LogP contribution in [0.5, 0.6) is 11.5 Å². The Labute approximate surface area is 253 Å². The van der Waals surface area contributed by atoms with Crippen molar-refractivity contribution >= 4 is 38.5 Å². The highest BCUT2D eigenvalue weighted by atomic mass is 32.2. The lowest BCUT2D eigenvalue weighted by molar-refractivity contribution is -0.127. The number of ether oxygens (including phenoxy) is 4. The maximum atomic E-state index is 13.1. The molecule has 5 atom stereocenters. The maximum absolute atomic E-state index is 13.1. The summed E-state index contributed by atoms with van der Waals surface area (Å²) >= 11 is 0. The molecule has 0 amide bonds. The number of carbonyl (C=O) groups excluding carboxylic acids is 3. The molecule has 0 radical (unpaired) electrons. The van der Waals surface area contributed by atoms with Crippen LogP contribution in [0.3, 0.4) is 0 Å². The molecule has 4 rings (SSSR count). The van der Waals surface area contributed by atoms with Crippen LogP contribution in [0.2, 0.25) is 0 Å². The summed E-state index contributed by atoms with van der Waals surface area (Å²) in [6.45, 7) is 1.44. The summed E-state index contributed by atoms with van der Waals surface area (Å²) < 4.78 is 81.9. The normalized spacial score (nSPS) is 20.7. The second-order valence-electron chi connectivity index (χ2n) is 9.68. The van der Waals surface area contributed by atoms with Crippen LogP contribution < -0.4 is 8.92 Å². The third-order valence-corrected chi connectivity index (χ3v) is 7.15. The largest absolute Gasteiger partial charge is 0.458 e. The van der Waals surface area contributed by atoms with Gasteiger partial charge in [0.15, 0.2) is 23.7 Å². The number of carbonyl (C=O) groups is 3. The van der Waals surface area contributed by atoms with E-state index in [1.54, 1.807) is 36.4 Å². The summed E-state index contributed by atoms with van der Waals surface area (Å²) in [4.78, 5) is 37.3. The van der Waals surface area contributed by atoms with Gasteiger partial charge in [-0.1, -0.05) is 36.4 Å². The Morgan fingerprint density at radius 3 is 1.93 bits per heavy atom. The van der Waals surface area contributed by atoms with Crippen LogP contribution in [0.25, 0.3) is 0 Å². The van der Waals surface area contributed by atoms with E-state index in [0.29, 0.717) is 6.29 Å². The Morgan fingerprint density at radius 2 is 1.39 bits per heavy atom. The van der Waals surface area contributed by atoms with Crippen LogP contribution in [0.15, 0.2) is 78.9 Å².